The highest BCUT2D eigenvalue weighted by Crippen LogP contribution is 2.16. The van der Waals surface area contributed by atoms with Crippen molar-refractivity contribution in [1.29, 1.82) is 0 Å². The second-order valence-electron chi connectivity index (χ2n) is 2.71. The standard InChI is InChI=1S/C13H10Br2O/c14-9-3-4-11-16-13-8-2-1-6-12(13)7-5-10-15/h1-2,6,8H,9-11H2. The highest BCUT2D eigenvalue weighted by molar-refractivity contribution is 9.09. The third-order valence-corrected chi connectivity index (χ3v) is 2.23. The third-order valence-electron chi connectivity index (χ3n) is 1.67. The van der Waals surface area contributed by atoms with Crippen LogP contribution in [0, 0.1) is 23.7 Å². The molecule has 0 unspecified atom stereocenters. The van der Waals surface area contributed by atoms with Crippen molar-refractivity contribution in [2.45, 2.75) is 0 Å². The van der Waals surface area contributed by atoms with E-state index in [4.69, 9.17) is 4.74 Å². The van der Waals surface area contributed by atoms with Crippen LogP contribution in [0.25, 0.3) is 0 Å². The Morgan fingerprint density at radius 2 is 1.75 bits per heavy atom. The first-order chi connectivity index (χ1) is 7.88. The molecule has 3 heteroatoms. The molecule has 0 bridgehead atoms. The number of halogens is 2. The highest BCUT2D eigenvalue weighted by atomic mass is 79.9. The molecule has 0 saturated carbocycles. The Kier molecular flexibility index (Phi) is 6.81. The van der Waals surface area contributed by atoms with Crippen molar-refractivity contribution in [3.8, 4) is 29.4 Å². The minimum Gasteiger partial charge on any atom is -0.480 e. The fraction of sp³-hybridized carbons (Fsp3) is 0.231. The number of benzene rings is 1. The molecule has 1 nitrogen and oxygen atoms in total. The van der Waals surface area contributed by atoms with Crippen molar-refractivity contribution in [2.75, 3.05) is 17.3 Å². The molecule has 0 spiro atoms. The lowest BCUT2D eigenvalue weighted by molar-refractivity contribution is 0.369. The summed E-state index contributed by atoms with van der Waals surface area (Å²) in [6.45, 7) is 0.388. The molecule has 82 valence electrons. The summed E-state index contributed by atoms with van der Waals surface area (Å²) in [7, 11) is 0. The predicted molar refractivity (Wildman–Crippen MR) is 74.2 cm³/mol. The molecule has 0 radical (unpaired) electrons. The van der Waals surface area contributed by atoms with E-state index in [9.17, 15) is 0 Å². The Balaban J connectivity index is 2.71. The van der Waals surface area contributed by atoms with Gasteiger partial charge >= 0.3 is 0 Å². The number of ether oxygens (including phenoxy) is 1. The van der Waals surface area contributed by atoms with Gasteiger partial charge in [-0.25, -0.2) is 0 Å². The van der Waals surface area contributed by atoms with Crippen LogP contribution in [0.15, 0.2) is 24.3 Å². The van der Waals surface area contributed by atoms with Gasteiger partial charge in [0.15, 0.2) is 0 Å². The number of para-hydroxylation sites is 1. The van der Waals surface area contributed by atoms with E-state index in [0.29, 0.717) is 17.3 Å². The second-order valence-corrected chi connectivity index (χ2v) is 3.83. The molecule has 0 aromatic heterocycles. The van der Waals surface area contributed by atoms with E-state index in [1.54, 1.807) is 0 Å². The summed E-state index contributed by atoms with van der Waals surface area (Å²) in [5.74, 6) is 12.5. The lowest BCUT2D eigenvalue weighted by Gasteiger charge is -2.03. The van der Waals surface area contributed by atoms with Gasteiger partial charge in [-0.1, -0.05) is 67.7 Å². The van der Waals surface area contributed by atoms with Crippen LogP contribution in [0.2, 0.25) is 0 Å². The molecule has 0 fully saturated rings. The van der Waals surface area contributed by atoms with Crippen molar-refractivity contribution < 1.29 is 4.74 Å². The molecular formula is C13H10Br2O. The van der Waals surface area contributed by atoms with Gasteiger partial charge in [-0.05, 0) is 12.1 Å². The van der Waals surface area contributed by atoms with Crippen LogP contribution in [0.1, 0.15) is 5.56 Å². The number of hydrogen-bond acceptors (Lipinski definition) is 1. The Labute approximate surface area is 113 Å². The molecule has 0 aliphatic heterocycles. The van der Waals surface area contributed by atoms with E-state index in [0.717, 1.165) is 11.3 Å². The van der Waals surface area contributed by atoms with E-state index >= 15 is 0 Å². The summed E-state index contributed by atoms with van der Waals surface area (Å²) in [5, 5.41) is 1.33. The van der Waals surface area contributed by atoms with E-state index in [1.807, 2.05) is 24.3 Å². The van der Waals surface area contributed by atoms with Crippen LogP contribution >= 0.6 is 31.9 Å². The lowest BCUT2D eigenvalue weighted by Crippen LogP contribution is -1.96. The molecule has 16 heavy (non-hydrogen) atoms. The largest absolute Gasteiger partial charge is 0.480 e. The van der Waals surface area contributed by atoms with Crippen LogP contribution in [0.4, 0.5) is 0 Å². The summed E-state index contributed by atoms with van der Waals surface area (Å²) in [5.41, 5.74) is 0.891. The van der Waals surface area contributed by atoms with Gasteiger partial charge in [-0.2, -0.15) is 0 Å². The maximum atomic E-state index is 5.52. The number of alkyl halides is 2. The van der Waals surface area contributed by atoms with Gasteiger partial charge in [0.25, 0.3) is 0 Å². The maximum absolute atomic E-state index is 5.52. The molecule has 0 aliphatic rings. The molecule has 0 atom stereocenters. The van der Waals surface area contributed by atoms with Gasteiger partial charge in [0.05, 0.1) is 16.2 Å². The van der Waals surface area contributed by atoms with Crippen molar-refractivity contribution >= 4 is 31.9 Å². The summed E-state index contributed by atoms with van der Waals surface area (Å²) < 4.78 is 5.52. The quantitative estimate of drug-likeness (QED) is 0.593. The minimum absolute atomic E-state index is 0.388. The Hall–Kier alpha value is -0.900. The monoisotopic (exact) mass is 340 g/mol. The smallest absolute Gasteiger partial charge is 0.149 e. The van der Waals surface area contributed by atoms with E-state index in [-0.39, 0.29) is 0 Å². The lowest BCUT2D eigenvalue weighted by atomic mass is 10.2. The zero-order chi connectivity index (χ0) is 11.6. The van der Waals surface area contributed by atoms with Crippen LogP contribution in [-0.4, -0.2) is 17.3 Å². The molecule has 1 aromatic rings. The molecule has 0 saturated heterocycles. The fourth-order valence-corrected chi connectivity index (χ4v) is 1.37. The van der Waals surface area contributed by atoms with Gasteiger partial charge in [-0.3, -0.25) is 0 Å². The van der Waals surface area contributed by atoms with Crippen LogP contribution in [0.5, 0.6) is 5.75 Å². The van der Waals surface area contributed by atoms with Gasteiger partial charge in [0, 0.05) is 0 Å². The van der Waals surface area contributed by atoms with Crippen LogP contribution in [-0.2, 0) is 0 Å². The zero-order valence-electron chi connectivity index (χ0n) is 8.59. The van der Waals surface area contributed by atoms with Crippen molar-refractivity contribution in [2.24, 2.45) is 0 Å². The molecule has 0 N–H and O–H groups in total. The van der Waals surface area contributed by atoms with Crippen molar-refractivity contribution in [1.82, 2.24) is 0 Å². The van der Waals surface area contributed by atoms with Gasteiger partial charge < -0.3 is 4.74 Å². The van der Waals surface area contributed by atoms with Gasteiger partial charge in [0.1, 0.15) is 12.4 Å². The second kappa shape index (κ2) is 8.28. The molecule has 0 heterocycles. The van der Waals surface area contributed by atoms with Crippen molar-refractivity contribution in [3.63, 3.8) is 0 Å². The Bertz CT molecular complexity index is 446. The van der Waals surface area contributed by atoms with Crippen molar-refractivity contribution in [3.05, 3.63) is 29.8 Å². The number of hydrogen-bond donors (Lipinski definition) is 0. The summed E-state index contributed by atoms with van der Waals surface area (Å²) in [4.78, 5) is 0. The summed E-state index contributed by atoms with van der Waals surface area (Å²) >= 11 is 6.49. The molecule has 1 aromatic carbocycles. The molecule has 0 aliphatic carbocycles. The summed E-state index contributed by atoms with van der Waals surface area (Å²) in [6.07, 6.45) is 0. The minimum atomic E-state index is 0.388. The maximum Gasteiger partial charge on any atom is 0.149 e. The molecular weight excluding hydrogens is 332 g/mol. The normalized spacial score (nSPS) is 8.38. The molecule has 1 rings (SSSR count). The topological polar surface area (TPSA) is 9.23 Å². The third kappa shape index (κ3) is 4.75. The first kappa shape index (κ1) is 13.2. The van der Waals surface area contributed by atoms with Gasteiger partial charge in [0.2, 0.25) is 0 Å². The van der Waals surface area contributed by atoms with E-state index in [1.165, 1.54) is 0 Å². The fourth-order valence-electron chi connectivity index (χ4n) is 1.04. The van der Waals surface area contributed by atoms with Gasteiger partial charge in [-0.15, -0.1) is 0 Å². The first-order valence-electron chi connectivity index (χ1n) is 4.67. The highest BCUT2D eigenvalue weighted by Gasteiger charge is 1.97. The average molecular weight is 342 g/mol. The number of rotatable bonds is 2. The Morgan fingerprint density at radius 1 is 1.00 bits per heavy atom. The SMILES string of the molecule is BrCC#CCOc1ccccc1C#CCBr. The zero-order valence-corrected chi connectivity index (χ0v) is 11.8. The first-order valence-corrected chi connectivity index (χ1v) is 6.91. The summed E-state index contributed by atoms with van der Waals surface area (Å²) in [6, 6.07) is 7.69. The van der Waals surface area contributed by atoms with E-state index < -0.39 is 0 Å². The Morgan fingerprint density at radius 3 is 2.50 bits per heavy atom. The van der Waals surface area contributed by atoms with E-state index in [2.05, 4.69) is 55.5 Å². The van der Waals surface area contributed by atoms with Crippen LogP contribution in [0.3, 0.4) is 0 Å². The predicted octanol–water partition coefficient (Wildman–Crippen LogP) is 3.21. The average Bonchev–Trinajstić information content (AvgIpc) is 2.33. The molecule has 0 amide bonds. The van der Waals surface area contributed by atoms with Crippen LogP contribution < -0.4 is 4.74 Å².